The largest absolute Gasteiger partial charge is 0.478 e. The number of carboxylic acid groups (broad SMARTS) is 1. The van der Waals surface area contributed by atoms with Gasteiger partial charge in [0.15, 0.2) is 5.82 Å². The van der Waals surface area contributed by atoms with E-state index in [9.17, 15) is 9.90 Å². The topological polar surface area (TPSA) is 104 Å². The van der Waals surface area contributed by atoms with E-state index in [2.05, 4.69) is 32.7 Å². The summed E-state index contributed by atoms with van der Waals surface area (Å²) in [6.45, 7) is 4.09. The van der Waals surface area contributed by atoms with Crippen LogP contribution >= 0.6 is 12.6 Å². The summed E-state index contributed by atoms with van der Waals surface area (Å²) < 4.78 is 5.44. The normalized spacial score (nSPS) is 15.2. The second kappa shape index (κ2) is 7.61. The Morgan fingerprint density at radius 1 is 1.32 bits per heavy atom. The van der Waals surface area contributed by atoms with Crippen molar-refractivity contribution < 1.29 is 14.6 Å². The summed E-state index contributed by atoms with van der Waals surface area (Å²) >= 11 is 4.62. The van der Waals surface area contributed by atoms with Crippen LogP contribution in [0, 0.1) is 0 Å². The van der Waals surface area contributed by atoms with Crippen LogP contribution in [0.25, 0.3) is 28.4 Å². The number of carbonyl (C=O) groups is 1. The number of H-pyrrole nitrogens is 1. The van der Waals surface area contributed by atoms with E-state index in [1.54, 1.807) is 6.20 Å². The lowest BCUT2D eigenvalue weighted by Gasteiger charge is -2.29. The molecule has 28 heavy (non-hydrogen) atoms. The number of morpholine rings is 1. The van der Waals surface area contributed by atoms with Gasteiger partial charge in [0.05, 0.1) is 35.5 Å². The van der Waals surface area contributed by atoms with Gasteiger partial charge >= 0.3 is 5.97 Å². The van der Waals surface area contributed by atoms with Crippen molar-refractivity contribution in [3.63, 3.8) is 0 Å². The number of hydrogen-bond acceptors (Lipinski definition) is 7. The number of nitrogens with zero attached hydrogens (tertiary/aromatic N) is 4. The van der Waals surface area contributed by atoms with Gasteiger partial charge in [-0.25, -0.2) is 14.8 Å². The van der Waals surface area contributed by atoms with Gasteiger partial charge in [-0.3, -0.25) is 5.10 Å². The minimum atomic E-state index is -1.00. The number of fused-ring (bicyclic) bond motifs is 1. The quantitative estimate of drug-likeness (QED) is 0.459. The summed E-state index contributed by atoms with van der Waals surface area (Å²) in [4.78, 5) is 23.3. The molecule has 3 heterocycles. The molecule has 1 aliphatic heterocycles. The number of carboxylic acids is 1. The fourth-order valence-electron chi connectivity index (χ4n) is 3.11. The zero-order valence-corrected chi connectivity index (χ0v) is 16.1. The zero-order valence-electron chi connectivity index (χ0n) is 15.2. The summed E-state index contributed by atoms with van der Waals surface area (Å²) in [5.74, 6) is 0.162. The third-order valence-electron chi connectivity index (χ3n) is 4.62. The van der Waals surface area contributed by atoms with Crippen LogP contribution in [0.1, 0.15) is 12.6 Å². The predicted molar refractivity (Wildman–Crippen MR) is 109 cm³/mol. The molecule has 144 valence electrons. The van der Waals surface area contributed by atoms with Gasteiger partial charge in [0, 0.05) is 29.6 Å². The summed E-state index contributed by atoms with van der Waals surface area (Å²) in [6, 6.07) is 5.75. The van der Waals surface area contributed by atoms with E-state index < -0.39 is 5.97 Å². The first kappa shape index (κ1) is 18.5. The van der Waals surface area contributed by atoms with Gasteiger partial charge in [-0.1, -0.05) is 12.1 Å². The van der Waals surface area contributed by atoms with Crippen LogP contribution in [-0.2, 0) is 9.53 Å². The Bertz CT molecular complexity index is 1070. The average molecular weight is 397 g/mol. The number of aliphatic carboxylic acids is 1. The molecule has 0 spiro atoms. The van der Waals surface area contributed by atoms with E-state index in [0.717, 1.165) is 16.5 Å². The van der Waals surface area contributed by atoms with Gasteiger partial charge in [0.1, 0.15) is 5.82 Å². The first-order chi connectivity index (χ1) is 13.5. The molecule has 0 unspecified atom stereocenters. The van der Waals surface area contributed by atoms with Gasteiger partial charge in [-0.05, 0) is 19.1 Å². The van der Waals surface area contributed by atoms with Gasteiger partial charge in [-0.15, -0.1) is 12.6 Å². The van der Waals surface area contributed by atoms with Crippen LogP contribution in [-0.4, -0.2) is 57.5 Å². The minimum absolute atomic E-state index is 0.175. The maximum absolute atomic E-state index is 11.3. The van der Waals surface area contributed by atoms with Crippen molar-refractivity contribution in [1.82, 2.24) is 20.2 Å². The summed E-state index contributed by atoms with van der Waals surface area (Å²) in [7, 11) is 0. The number of ether oxygens (including phenoxy) is 1. The molecule has 4 rings (SSSR count). The Kier molecular flexibility index (Phi) is 5.01. The number of thiol groups is 1. The van der Waals surface area contributed by atoms with Crippen molar-refractivity contribution in [2.24, 2.45) is 0 Å². The molecule has 8 nitrogen and oxygen atoms in total. The number of aromatic nitrogens is 4. The summed E-state index contributed by atoms with van der Waals surface area (Å²) in [5.41, 5.74) is 2.34. The lowest BCUT2D eigenvalue weighted by molar-refractivity contribution is -0.132. The van der Waals surface area contributed by atoms with Crippen molar-refractivity contribution >= 4 is 41.4 Å². The van der Waals surface area contributed by atoms with Crippen LogP contribution < -0.4 is 4.90 Å². The maximum Gasteiger partial charge on any atom is 0.331 e. The second-order valence-corrected chi connectivity index (χ2v) is 6.92. The highest BCUT2D eigenvalue weighted by Crippen LogP contribution is 2.32. The fraction of sp³-hybridized carbons (Fsp3) is 0.263. The number of rotatable bonds is 4. The number of aromatic amines is 1. The van der Waals surface area contributed by atoms with E-state index in [0.29, 0.717) is 48.5 Å². The number of nitrogens with one attached hydrogen (secondary N) is 1. The van der Waals surface area contributed by atoms with Crippen LogP contribution in [0.5, 0.6) is 0 Å². The molecule has 0 atom stereocenters. The summed E-state index contributed by atoms with van der Waals surface area (Å²) in [5, 5.41) is 17.2. The van der Waals surface area contributed by atoms with Crippen LogP contribution in [0.3, 0.4) is 0 Å². The molecular formula is C19H19N5O3S. The second-order valence-electron chi connectivity index (χ2n) is 6.47. The fourth-order valence-corrected chi connectivity index (χ4v) is 3.41. The summed E-state index contributed by atoms with van der Waals surface area (Å²) in [6.07, 6.45) is 3.25. The monoisotopic (exact) mass is 397 g/mol. The Balaban J connectivity index is 1.92. The molecule has 1 aliphatic rings. The van der Waals surface area contributed by atoms with Crippen LogP contribution in [0.4, 0.5) is 5.82 Å². The Labute approximate surface area is 166 Å². The van der Waals surface area contributed by atoms with Gasteiger partial charge in [-0.2, -0.15) is 5.10 Å². The minimum Gasteiger partial charge on any atom is -0.478 e. The zero-order chi connectivity index (χ0) is 19.7. The molecule has 1 aromatic carbocycles. The third kappa shape index (κ3) is 3.46. The molecule has 0 bridgehead atoms. The van der Waals surface area contributed by atoms with E-state index >= 15 is 0 Å². The molecular weight excluding hydrogens is 378 g/mol. The third-order valence-corrected chi connectivity index (χ3v) is 5.05. The molecule has 1 fully saturated rings. The first-order valence-corrected chi connectivity index (χ1v) is 9.27. The lowest BCUT2D eigenvalue weighted by atomic mass is 10.1. The van der Waals surface area contributed by atoms with Gasteiger partial charge in [0.25, 0.3) is 0 Å². The molecule has 0 saturated carbocycles. The first-order valence-electron chi connectivity index (χ1n) is 8.82. The van der Waals surface area contributed by atoms with Crippen molar-refractivity contribution in [2.45, 2.75) is 11.8 Å². The Morgan fingerprint density at radius 3 is 2.86 bits per heavy atom. The molecule has 1 saturated heterocycles. The van der Waals surface area contributed by atoms with Crippen molar-refractivity contribution in [1.29, 1.82) is 0 Å². The number of anilines is 1. The van der Waals surface area contributed by atoms with Crippen LogP contribution in [0.2, 0.25) is 0 Å². The standard InChI is InChI=1S/C19H19N5O3S/c1-11(19(25)26)9-15-16(28)18(24-5-7-27-8-6-24)22-17(21-15)12-3-2-4-14-13(12)10-20-23-14/h2-4,9-10,28H,5-8H2,1H3,(H,20,23)(H,25,26)/b11-9+. The number of benzene rings is 1. The highest BCUT2D eigenvalue weighted by Gasteiger charge is 2.21. The highest BCUT2D eigenvalue weighted by atomic mass is 32.1. The van der Waals surface area contributed by atoms with Crippen LogP contribution in [0.15, 0.2) is 34.9 Å². The van der Waals surface area contributed by atoms with E-state index in [4.69, 9.17) is 9.72 Å². The lowest BCUT2D eigenvalue weighted by Crippen LogP contribution is -2.37. The maximum atomic E-state index is 11.3. The van der Waals surface area contributed by atoms with Crippen molar-refractivity contribution in [3.8, 4) is 11.4 Å². The Hall–Kier alpha value is -2.91. The van der Waals surface area contributed by atoms with Crippen molar-refractivity contribution in [2.75, 3.05) is 31.2 Å². The molecule has 0 radical (unpaired) electrons. The number of hydrogen-bond donors (Lipinski definition) is 3. The van der Waals surface area contributed by atoms with E-state index in [-0.39, 0.29) is 5.57 Å². The predicted octanol–water partition coefficient (Wildman–Crippen LogP) is 2.63. The molecule has 2 aromatic heterocycles. The SMILES string of the molecule is C/C(=C\c1nc(-c2cccc3[nH]ncc23)nc(N2CCOCC2)c1S)C(=O)O. The van der Waals surface area contributed by atoms with E-state index in [1.165, 1.54) is 13.0 Å². The molecule has 0 amide bonds. The van der Waals surface area contributed by atoms with E-state index in [1.807, 2.05) is 18.2 Å². The Morgan fingerprint density at radius 2 is 2.11 bits per heavy atom. The molecule has 9 heteroatoms. The highest BCUT2D eigenvalue weighted by molar-refractivity contribution is 7.80. The van der Waals surface area contributed by atoms with Crippen molar-refractivity contribution in [3.05, 3.63) is 35.7 Å². The smallest absolute Gasteiger partial charge is 0.331 e. The molecule has 2 N–H and O–H groups in total. The average Bonchev–Trinajstić information content (AvgIpc) is 3.19. The van der Waals surface area contributed by atoms with Gasteiger partial charge < -0.3 is 14.7 Å². The van der Waals surface area contributed by atoms with Gasteiger partial charge in [0.2, 0.25) is 0 Å². The molecule has 3 aromatic rings. The molecule has 0 aliphatic carbocycles.